The zero-order valence-corrected chi connectivity index (χ0v) is 15.9. The predicted molar refractivity (Wildman–Crippen MR) is 107 cm³/mol. The molecule has 0 bridgehead atoms. The molecule has 0 radical (unpaired) electrons. The van der Waals surface area contributed by atoms with E-state index in [4.69, 9.17) is 9.47 Å². The number of rotatable bonds is 5. The van der Waals surface area contributed by atoms with E-state index in [0.717, 1.165) is 39.8 Å². The normalized spacial score (nSPS) is 14.2. The summed E-state index contributed by atoms with van der Waals surface area (Å²) in [6.45, 7) is 3.06. The fourth-order valence-corrected chi connectivity index (χ4v) is 4.31. The number of benzene rings is 1. The number of methoxy groups -OCH3 is 1. The van der Waals surface area contributed by atoms with Crippen LogP contribution in [0.15, 0.2) is 54.9 Å². The molecule has 27 heavy (non-hydrogen) atoms. The van der Waals surface area contributed by atoms with Gasteiger partial charge in [0, 0.05) is 36.6 Å². The van der Waals surface area contributed by atoms with E-state index >= 15 is 0 Å². The van der Waals surface area contributed by atoms with Crippen molar-refractivity contribution in [3.63, 3.8) is 0 Å². The van der Waals surface area contributed by atoms with Gasteiger partial charge >= 0.3 is 0 Å². The summed E-state index contributed by atoms with van der Waals surface area (Å²) in [7, 11) is 1.62. The molecule has 6 heteroatoms. The SMILES string of the molecule is COc1ccc(C(=O)c2cc(-c3ccncc3)c(N3CCOCC3)s2)cc1. The predicted octanol–water partition coefficient (Wildman–Crippen LogP) is 3.89. The summed E-state index contributed by atoms with van der Waals surface area (Å²) in [5.74, 6) is 0.765. The molecule has 0 amide bonds. The molecule has 2 aromatic heterocycles. The number of carbonyl (C=O) groups excluding carboxylic acids is 1. The number of pyridine rings is 1. The summed E-state index contributed by atoms with van der Waals surface area (Å²) in [6.07, 6.45) is 3.56. The number of aromatic nitrogens is 1. The van der Waals surface area contributed by atoms with Gasteiger partial charge < -0.3 is 14.4 Å². The Kier molecular flexibility index (Phi) is 5.18. The van der Waals surface area contributed by atoms with E-state index in [0.29, 0.717) is 18.8 Å². The zero-order valence-electron chi connectivity index (χ0n) is 15.1. The van der Waals surface area contributed by atoms with Crippen molar-refractivity contribution in [1.82, 2.24) is 4.98 Å². The summed E-state index contributed by atoms with van der Waals surface area (Å²) < 4.78 is 10.7. The van der Waals surface area contributed by atoms with Gasteiger partial charge in [-0.1, -0.05) is 0 Å². The molecule has 5 nitrogen and oxygen atoms in total. The van der Waals surface area contributed by atoms with Gasteiger partial charge in [0.25, 0.3) is 0 Å². The van der Waals surface area contributed by atoms with E-state index in [9.17, 15) is 4.79 Å². The number of nitrogens with zero attached hydrogens (tertiary/aromatic N) is 2. The van der Waals surface area contributed by atoms with Crippen molar-refractivity contribution >= 4 is 22.1 Å². The summed E-state index contributed by atoms with van der Waals surface area (Å²) >= 11 is 1.54. The Balaban J connectivity index is 1.72. The van der Waals surface area contributed by atoms with E-state index in [1.807, 2.05) is 30.3 Å². The fraction of sp³-hybridized carbons (Fsp3) is 0.238. The number of carbonyl (C=O) groups is 1. The molecular formula is C21H20N2O3S. The van der Waals surface area contributed by atoms with Crippen LogP contribution in [0.1, 0.15) is 15.2 Å². The maximum Gasteiger partial charge on any atom is 0.203 e. The van der Waals surface area contributed by atoms with Crippen molar-refractivity contribution in [3.8, 4) is 16.9 Å². The smallest absolute Gasteiger partial charge is 0.203 e. The Labute approximate surface area is 162 Å². The van der Waals surface area contributed by atoms with Crippen LogP contribution >= 0.6 is 11.3 Å². The quantitative estimate of drug-likeness (QED) is 0.629. The molecule has 0 atom stereocenters. The van der Waals surface area contributed by atoms with Crippen molar-refractivity contribution in [1.29, 1.82) is 0 Å². The first-order valence-corrected chi connectivity index (χ1v) is 9.63. The summed E-state index contributed by atoms with van der Waals surface area (Å²) in [5, 5.41) is 1.11. The maximum absolute atomic E-state index is 13.0. The number of ketones is 1. The fourth-order valence-electron chi connectivity index (χ4n) is 3.12. The van der Waals surface area contributed by atoms with Gasteiger partial charge in [-0.05, 0) is 48.0 Å². The monoisotopic (exact) mass is 380 g/mol. The first-order valence-electron chi connectivity index (χ1n) is 8.82. The van der Waals surface area contributed by atoms with Gasteiger partial charge in [-0.15, -0.1) is 11.3 Å². The third kappa shape index (κ3) is 3.72. The number of hydrogen-bond donors (Lipinski definition) is 0. The Hall–Kier alpha value is -2.70. The highest BCUT2D eigenvalue weighted by molar-refractivity contribution is 7.18. The molecule has 1 saturated heterocycles. The van der Waals surface area contributed by atoms with Crippen LogP contribution in [0.2, 0.25) is 0 Å². The molecule has 4 rings (SSSR count). The van der Waals surface area contributed by atoms with Gasteiger partial charge in [-0.2, -0.15) is 0 Å². The number of thiophene rings is 1. The lowest BCUT2D eigenvalue weighted by molar-refractivity contribution is 0.104. The minimum Gasteiger partial charge on any atom is -0.497 e. The molecule has 1 aliphatic rings. The van der Waals surface area contributed by atoms with Crippen LogP contribution in [0.5, 0.6) is 5.75 Å². The molecule has 138 valence electrons. The van der Waals surface area contributed by atoms with Crippen LogP contribution in [-0.4, -0.2) is 44.2 Å². The van der Waals surface area contributed by atoms with E-state index in [1.165, 1.54) is 0 Å². The Morgan fingerprint density at radius 1 is 1.11 bits per heavy atom. The summed E-state index contributed by atoms with van der Waals surface area (Å²) in [5.41, 5.74) is 2.80. The number of anilines is 1. The van der Waals surface area contributed by atoms with Crippen LogP contribution in [0, 0.1) is 0 Å². The standard InChI is InChI=1S/C21H20N2O3S/c1-25-17-4-2-16(3-5-17)20(24)19-14-18(15-6-8-22-9-7-15)21(27-19)23-10-12-26-13-11-23/h2-9,14H,10-13H2,1H3. The van der Waals surface area contributed by atoms with Gasteiger partial charge in [-0.3, -0.25) is 9.78 Å². The third-order valence-electron chi connectivity index (χ3n) is 4.58. The largest absolute Gasteiger partial charge is 0.497 e. The molecular weight excluding hydrogens is 360 g/mol. The highest BCUT2D eigenvalue weighted by Crippen LogP contribution is 2.40. The lowest BCUT2D eigenvalue weighted by atomic mass is 10.1. The van der Waals surface area contributed by atoms with Crippen LogP contribution in [0.3, 0.4) is 0 Å². The molecule has 0 spiro atoms. The Morgan fingerprint density at radius 2 is 1.81 bits per heavy atom. The molecule has 0 N–H and O–H groups in total. The highest BCUT2D eigenvalue weighted by Gasteiger charge is 2.22. The van der Waals surface area contributed by atoms with Gasteiger partial charge in [0.15, 0.2) is 0 Å². The van der Waals surface area contributed by atoms with Crippen molar-refractivity contribution in [2.45, 2.75) is 0 Å². The second kappa shape index (κ2) is 7.90. The lowest BCUT2D eigenvalue weighted by Gasteiger charge is -2.28. The minimum absolute atomic E-state index is 0.0254. The molecule has 0 unspecified atom stereocenters. The summed E-state index contributed by atoms with van der Waals surface area (Å²) in [4.78, 5) is 20.2. The van der Waals surface area contributed by atoms with E-state index in [1.54, 1.807) is 43.0 Å². The molecule has 1 aromatic carbocycles. The molecule has 0 saturated carbocycles. The highest BCUT2D eigenvalue weighted by atomic mass is 32.1. The molecule has 1 aliphatic heterocycles. The third-order valence-corrected chi connectivity index (χ3v) is 5.77. The first-order chi connectivity index (χ1) is 13.3. The number of ether oxygens (including phenoxy) is 2. The molecule has 3 aromatic rings. The second-order valence-electron chi connectivity index (χ2n) is 6.22. The Morgan fingerprint density at radius 3 is 2.48 bits per heavy atom. The molecule has 0 aliphatic carbocycles. The van der Waals surface area contributed by atoms with Gasteiger partial charge in [0.1, 0.15) is 5.75 Å². The maximum atomic E-state index is 13.0. The summed E-state index contributed by atoms with van der Waals surface area (Å²) in [6, 6.07) is 13.2. The van der Waals surface area contributed by atoms with Gasteiger partial charge in [0.2, 0.25) is 5.78 Å². The van der Waals surface area contributed by atoms with E-state index in [-0.39, 0.29) is 5.78 Å². The van der Waals surface area contributed by atoms with Gasteiger partial charge in [-0.25, -0.2) is 0 Å². The average molecular weight is 380 g/mol. The topological polar surface area (TPSA) is 51.7 Å². The lowest BCUT2D eigenvalue weighted by Crippen LogP contribution is -2.35. The van der Waals surface area contributed by atoms with Crippen LogP contribution in [0.25, 0.3) is 11.1 Å². The van der Waals surface area contributed by atoms with Crippen molar-refractivity contribution < 1.29 is 14.3 Å². The molecule has 1 fully saturated rings. The molecule has 3 heterocycles. The number of morpholine rings is 1. The van der Waals surface area contributed by atoms with Crippen molar-refractivity contribution in [2.24, 2.45) is 0 Å². The van der Waals surface area contributed by atoms with Crippen LogP contribution < -0.4 is 9.64 Å². The van der Waals surface area contributed by atoms with Crippen molar-refractivity contribution in [2.75, 3.05) is 38.3 Å². The van der Waals surface area contributed by atoms with Crippen molar-refractivity contribution in [3.05, 3.63) is 65.3 Å². The van der Waals surface area contributed by atoms with Crippen LogP contribution in [0.4, 0.5) is 5.00 Å². The van der Waals surface area contributed by atoms with Crippen LogP contribution in [-0.2, 0) is 4.74 Å². The zero-order chi connectivity index (χ0) is 18.6. The average Bonchev–Trinajstić information content (AvgIpc) is 3.20. The Bertz CT molecular complexity index is 916. The van der Waals surface area contributed by atoms with Gasteiger partial charge in [0.05, 0.1) is 30.2 Å². The minimum atomic E-state index is 0.0254. The first kappa shape index (κ1) is 17.7. The van der Waals surface area contributed by atoms with E-state index in [2.05, 4.69) is 9.88 Å². The van der Waals surface area contributed by atoms with E-state index < -0.39 is 0 Å². The number of hydrogen-bond acceptors (Lipinski definition) is 6. The second-order valence-corrected chi connectivity index (χ2v) is 7.25.